The van der Waals surface area contributed by atoms with Crippen LogP contribution in [0.4, 0.5) is 0 Å². The molecule has 4 aliphatic heterocycles. The van der Waals surface area contributed by atoms with Crippen LogP contribution in [0.1, 0.15) is 163 Å². The van der Waals surface area contributed by atoms with Gasteiger partial charge in [0.15, 0.2) is 11.9 Å². The Morgan fingerprint density at radius 1 is 0.510 bits per heavy atom. The Balaban J connectivity index is 1.34. The van der Waals surface area contributed by atoms with Gasteiger partial charge in [-0.1, -0.05) is 118 Å². The van der Waals surface area contributed by atoms with Crippen molar-refractivity contribution in [1.82, 2.24) is 110 Å². The van der Waals surface area contributed by atoms with Gasteiger partial charge in [0.1, 0.15) is 108 Å². The summed E-state index contributed by atoms with van der Waals surface area (Å²) in [6, 6.07) is -13.2. The maximum Gasteiger partial charge on any atom is 0.305 e. The number of aliphatic hydroxyl groups is 2. The SMILES string of the molecule is CC[C@H](C)[C@@H]1NC(=O)CNC(=O)[C@H](CCCNC(=N)N)NC(=O)CNC(=O)[C@H]([C@@H](C)O)NC(=O)[C@H](Cc2ccc(O)cc2)NC(=O)[C@@H](NC(=O)[C@H](C)NC(=O)[C@@H]2CCCN2C(=O)[C@H](CC(N)=O)NC(=O)[C@@H](NC(=O)[C@H](CC(=O)O)NC(=O)[C@@H]2CCCN2C(=O)[C@@H](N)[C@@H](C)O)[C@@H](C)CC)CSSC[C@@H](C(=O)N2CCC[C@H]2C(=O)N[C@H](C(=O)NCC(=O)N[C@@H](CCCNC(=N)N)C(=O)N[C@@H](Cc2ccccc2)C(N)=O)C(C)C)NC1=O. The van der Waals surface area contributed by atoms with Gasteiger partial charge in [-0.15, -0.1) is 0 Å². The van der Waals surface area contributed by atoms with Crippen molar-refractivity contribution in [2.45, 2.75) is 280 Å². The number of primary amides is 2. The first-order valence-corrected chi connectivity index (χ1v) is 51.6. The van der Waals surface area contributed by atoms with Crippen molar-refractivity contribution in [3.63, 3.8) is 0 Å². The van der Waals surface area contributed by atoms with Crippen molar-refractivity contribution in [2.24, 2.45) is 46.4 Å². The summed E-state index contributed by atoms with van der Waals surface area (Å²) in [5.41, 5.74) is 29.1. The number of nitrogens with zero attached hydrogens (tertiary/aromatic N) is 3. The fourth-order valence-electron chi connectivity index (χ4n) is 16.5. The van der Waals surface area contributed by atoms with Crippen LogP contribution in [0.2, 0.25) is 0 Å². The second kappa shape index (κ2) is 60.9. The van der Waals surface area contributed by atoms with Crippen molar-refractivity contribution >= 4 is 164 Å². The monoisotopic (exact) mass is 2130 g/mol. The van der Waals surface area contributed by atoms with Crippen LogP contribution in [0.15, 0.2) is 54.6 Å². The third-order valence-corrected chi connectivity index (χ3v) is 27.7. The fraction of sp³-hybridized carbons (Fsp3) is 0.613. The van der Waals surface area contributed by atoms with E-state index in [1.807, 2.05) is 0 Å². The molecule has 824 valence electrons. The number of benzene rings is 2. The quantitative estimate of drug-likeness (QED) is 0.0127. The topological polar surface area (TPSA) is 861 Å². The minimum Gasteiger partial charge on any atom is -0.508 e. The summed E-state index contributed by atoms with van der Waals surface area (Å²) in [6.45, 7) is 10.2. The highest BCUT2D eigenvalue weighted by Gasteiger charge is 2.46. The Morgan fingerprint density at radius 2 is 1.07 bits per heavy atom. The highest BCUT2D eigenvalue weighted by Crippen LogP contribution is 2.29. The third-order valence-electron chi connectivity index (χ3n) is 25.3. The van der Waals surface area contributed by atoms with Crippen molar-refractivity contribution < 1.29 is 126 Å². The predicted octanol–water partition coefficient (Wildman–Crippen LogP) is -9.58. The number of amides is 21. The van der Waals surface area contributed by atoms with Crippen molar-refractivity contribution in [3.05, 3.63) is 65.7 Å². The lowest BCUT2D eigenvalue weighted by atomic mass is 9.97. The van der Waals surface area contributed by atoms with Crippen LogP contribution < -0.4 is 124 Å². The van der Waals surface area contributed by atoms with Gasteiger partial charge in [-0.3, -0.25) is 116 Å². The first-order chi connectivity index (χ1) is 70.3. The number of carbonyl (C=O) groups excluding carboxylic acids is 21. The maximum absolute atomic E-state index is 15.6. The number of hydrogen-bond acceptors (Lipinski definition) is 30. The Morgan fingerprint density at radius 3 is 1.64 bits per heavy atom. The van der Waals surface area contributed by atoms with E-state index < -0.39 is 319 Å². The molecule has 34 N–H and O–H groups in total. The molecule has 54 nitrogen and oxygen atoms in total. The fourth-order valence-corrected chi connectivity index (χ4v) is 18.8. The minimum atomic E-state index is -1.94. The molecule has 6 rings (SSSR count). The molecule has 2 aromatic rings. The van der Waals surface area contributed by atoms with E-state index >= 15 is 14.4 Å². The number of likely N-dealkylation sites (tertiary alicyclic amines) is 3. The molecule has 0 saturated carbocycles. The molecule has 2 aromatic carbocycles. The zero-order chi connectivity index (χ0) is 111. The first kappa shape index (κ1) is 123. The lowest BCUT2D eigenvalue weighted by molar-refractivity contribution is -0.144. The molecule has 21 amide bonds. The van der Waals surface area contributed by atoms with Gasteiger partial charge < -0.3 is 159 Å². The maximum atomic E-state index is 15.6. The number of aromatic hydroxyl groups is 1. The Kier molecular flexibility index (Phi) is 50.4. The van der Waals surface area contributed by atoms with Crippen molar-refractivity contribution in [2.75, 3.05) is 63.9 Å². The summed E-state index contributed by atoms with van der Waals surface area (Å²) in [5.74, 6) is -27.4. The van der Waals surface area contributed by atoms with Crippen LogP contribution in [-0.2, 0) is 118 Å². The number of carboxylic acids is 1. The molecule has 21 atom stereocenters. The molecule has 0 unspecified atom stereocenters. The average molecular weight is 2130 g/mol. The summed E-state index contributed by atoms with van der Waals surface area (Å²) in [6.07, 6.45) is -4.88. The smallest absolute Gasteiger partial charge is 0.305 e. The van der Waals surface area contributed by atoms with E-state index in [2.05, 4.69) is 95.7 Å². The number of aliphatic hydroxyl groups excluding tert-OH is 2. The lowest BCUT2D eigenvalue weighted by Gasteiger charge is -2.32. The average Bonchev–Trinajstić information content (AvgIpc) is 1.71. The number of carboxylic acid groups (broad SMARTS) is 1. The highest BCUT2D eigenvalue weighted by molar-refractivity contribution is 8.76. The summed E-state index contributed by atoms with van der Waals surface area (Å²) in [7, 11) is 1.54. The van der Waals surface area contributed by atoms with Gasteiger partial charge in [-0.2, -0.15) is 0 Å². The summed E-state index contributed by atoms with van der Waals surface area (Å²) >= 11 is 0. The number of nitrogens with two attached hydrogens (primary N) is 5. The van der Waals surface area contributed by atoms with E-state index in [0.717, 1.165) is 43.2 Å². The number of hydrogen-bond donors (Lipinski definition) is 29. The van der Waals surface area contributed by atoms with Gasteiger partial charge in [-0.05, 0) is 126 Å². The predicted molar refractivity (Wildman–Crippen MR) is 540 cm³/mol. The van der Waals surface area contributed by atoms with Crippen molar-refractivity contribution in [3.8, 4) is 5.75 Å². The summed E-state index contributed by atoms with van der Waals surface area (Å²) in [5, 5.41) is 102. The van der Waals surface area contributed by atoms with Gasteiger partial charge in [0.2, 0.25) is 124 Å². The molecule has 4 aliphatic rings. The Hall–Kier alpha value is -14.3. The molecule has 0 aromatic heterocycles. The van der Waals surface area contributed by atoms with E-state index in [1.54, 1.807) is 65.0 Å². The standard InChI is InChI=1S/C93H144N28O26S2/c1-10-46(5)72-87(143)114-61(90(146)120-34-18-26-64(120)84(140)116-71(45(3)4)85(141)104-40-67(127)108-55(23-16-32-102-93(99)100)78(134)109-56(75(96)131)36-51-20-13-12-14-21-51)44-149-148-43-60(81(137)110-57(37-52-27-29-53(124)30-28-52)79(135)118-74(50(9)123)86(142)105-41-66(126)107-54(22-15-31-101-92(97)98)77(133)103-42-68(128)115-72)113-76(132)48(7)106-82(138)62-24-17-33-119(62)89(145)59(38-65(94)125)112-88(144)73(47(6)11-2)117-80(136)58(39-69(129)130)111-83(139)63-25-19-35-121(63)91(147)70(95)49(8)122/h12-14,20-21,27-30,45-50,54-64,70-74,122-124H,10-11,15-19,22-26,31-44,95H2,1-9H3,(H2,94,125)(H2,96,131)(H,103,133)(H,104,141)(H,105,142)(H,106,138)(H,107,126)(H,108,127)(H,109,134)(H,110,137)(H,111,139)(H,112,144)(H,113,132)(H,114,143)(H,115,128)(H,116,140)(H,117,136)(H,118,135)(H,129,130)(H4,97,98,101)(H4,99,100,102)/t46-,47-,48-,49+,50+,54-,55-,56-,57-,58-,59-,60-,61-,62-,63-,64-,70-,71-,72-,73-,74-/m0/s1. The number of carbonyl (C=O) groups is 22. The number of guanidine groups is 2. The Labute approximate surface area is 868 Å². The molecule has 4 heterocycles. The molecule has 149 heavy (non-hydrogen) atoms. The zero-order valence-electron chi connectivity index (χ0n) is 84.6. The number of phenolic OH excluding ortho intramolecular Hbond substituents is 1. The molecular formula is C93H144N28O26S2. The van der Waals surface area contributed by atoms with Gasteiger partial charge in [0.25, 0.3) is 0 Å². The van der Waals surface area contributed by atoms with Gasteiger partial charge >= 0.3 is 5.97 Å². The van der Waals surface area contributed by atoms with Crippen molar-refractivity contribution in [1.29, 1.82) is 10.8 Å². The molecule has 0 aliphatic carbocycles. The number of nitrogens with one attached hydrogen (secondary N) is 20. The van der Waals surface area contributed by atoms with Crippen LogP contribution in [0.5, 0.6) is 5.75 Å². The van der Waals surface area contributed by atoms with E-state index in [0.29, 0.717) is 12.0 Å². The van der Waals surface area contributed by atoms with Crippen LogP contribution >= 0.6 is 21.6 Å². The van der Waals surface area contributed by atoms with Gasteiger partial charge in [0, 0.05) is 57.1 Å². The van der Waals surface area contributed by atoms with E-state index in [4.69, 9.17) is 39.5 Å². The zero-order valence-corrected chi connectivity index (χ0v) is 86.2. The summed E-state index contributed by atoms with van der Waals surface area (Å²) in [4.78, 5) is 315. The molecular weight excluding hydrogens is 1990 g/mol. The highest BCUT2D eigenvalue weighted by atomic mass is 33.1. The van der Waals surface area contributed by atoms with Gasteiger partial charge in [0.05, 0.1) is 44.7 Å². The van der Waals surface area contributed by atoms with Crippen LogP contribution in [-0.4, -0.2) is 356 Å². The number of rotatable bonds is 45. The van der Waals surface area contributed by atoms with Crippen LogP contribution in [0.25, 0.3) is 0 Å². The molecule has 0 spiro atoms. The molecule has 4 saturated heterocycles. The first-order valence-electron chi connectivity index (χ1n) is 49.1. The normalized spacial score (nSPS) is 21.8. The second-order valence-corrected chi connectivity index (χ2v) is 39.9. The summed E-state index contributed by atoms with van der Waals surface area (Å²) < 4.78 is 0. The molecule has 4 fully saturated rings. The van der Waals surface area contributed by atoms with Gasteiger partial charge in [-0.25, -0.2) is 0 Å². The molecule has 0 bridgehead atoms. The van der Waals surface area contributed by atoms with Crippen LogP contribution in [0.3, 0.4) is 0 Å². The molecule has 56 heteroatoms. The van der Waals surface area contributed by atoms with E-state index in [1.165, 1.54) is 45.0 Å². The third kappa shape index (κ3) is 39.7. The molecule has 0 radical (unpaired) electrons. The second-order valence-electron chi connectivity index (χ2n) is 37.4. The lowest BCUT2D eigenvalue weighted by Crippen LogP contribution is -2.61. The van der Waals surface area contributed by atoms with E-state index in [9.17, 15) is 112 Å². The number of phenols is 1. The number of aliphatic carboxylic acids is 1. The van der Waals surface area contributed by atoms with Crippen LogP contribution in [0, 0.1) is 28.6 Å². The van der Waals surface area contributed by atoms with E-state index in [-0.39, 0.29) is 127 Å². The minimum absolute atomic E-state index is 0.00284. The Bertz CT molecular complexity index is 5090. The largest absolute Gasteiger partial charge is 0.508 e.